The lowest BCUT2D eigenvalue weighted by molar-refractivity contribution is -0.118. The van der Waals surface area contributed by atoms with Crippen LogP contribution in [0.1, 0.15) is 5.82 Å². The van der Waals surface area contributed by atoms with Crippen LogP contribution in [0.25, 0.3) is 11.0 Å². The van der Waals surface area contributed by atoms with E-state index in [0.717, 1.165) is 11.0 Å². The second-order valence-electron chi connectivity index (χ2n) is 3.40. The molecule has 0 saturated heterocycles. The van der Waals surface area contributed by atoms with Gasteiger partial charge in [-0.05, 0) is 12.1 Å². The van der Waals surface area contributed by atoms with Crippen LogP contribution in [0.3, 0.4) is 0 Å². The number of para-hydroxylation sites is 2. The van der Waals surface area contributed by atoms with E-state index in [2.05, 4.69) is 9.98 Å². The number of carbonyl (C=O) groups excluding carboxylic acids is 1. The molecule has 0 radical (unpaired) electrons. The first-order chi connectivity index (χ1) is 7.25. The minimum atomic E-state index is -0.233. The molecule has 0 atom stereocenters. The summed E-state index contributed by atoms with van der Waals surface area (Å²) in [6.45, 7) is 0.219. The van der Waals surface area contributed by atoms with E-state index in [1.807, 2.05) is 24.3 Å². The molecule has 0 saturated carbocycles. The molecule has 2 N–H and O–H groups in total. The zero-order chi connectivity index (χ0) is 10.4. The number of imidazole rings is 1. The van der Waals surface area contributed by atoms with Crippen LogP contribution in [-0.2, 0) is 11.3 Å². The predicted molar refractivity (Wildman–Crippen MR) is 55.5 cm³/mol. The summed E-state index contributed by atoms with van der Waals surface area (Å²) in [6.07, 6.45) is 0. The van der Waals surface area contributed by atoms with Gasteiger partial charge >= 0.3 is 0 Å². The maximum atomic E-state index is 11.3. The molecule has 0 fully saturated rings. The summed E-state index contributed by atoms with van der Waals surface area (Å²) in [5.41, 5.74) is 7.40. The van der Waals surface area contributed by atoms with E-state index in [1.54, 1.807) is 4.57 Å². The fourth-order valence-electron chi connectivity index (χ4n) is 1.79. The molecule has 74 valence electrons. The van der Waals surface area contributed by atoms with E-state index >= 15 is 0 Å². The lowest BCUT2D eigenvalue weighted by Gasteiger charge is -2.10. The number of amides is 1. The van der Waals surface area contributed by atoms with Gasteiger partial charge in [-0.2, -0.15) is 4.99 Å². The molecule has 0 spiro atoms. The summed E-state index contributed by atoms with van der Waals surface area (Å²) in [7, 11) is 0. The van der Waals surface area contributed by atoms with Crippen LogP contribution < -0.4 is 5.73 Å². The van der Waals surface area contributed by atoms with Gasteiger partial charge < -0.3 is 10.3 Å². The van der Waals surface area contributed by atoms with Crippen molar-refractivity contribution in [2.24, 2.45) is 10.7 Å². The monoisotopic (exact) mass is 200 g/mol. The normalized spacial score (nSPS) is 15.2. The highest BCUT2D eigenvalue weighted by Gasteiger charge is 2.20. The number of nitrogens with zero attached hydrogens (tertiary/aromatic N) is 3. The zero-order valence-corrected chi connectivity index (χ0v) is 7.84. The average Bonchev–Trinajstić information content (AvgIpc) is 2.57. The zero-order valence-electron chi connectivity index (χ0n) is 7.84. The Morgan fingerprint density at radius 2 is 2.13 bits per heavy atom. The van der Waals surface area contributed by atoms with Gasteiger partial charge in [-0.25, -0.2) is 4.98 Å². The smallest absolute Gasteiger partial charge is 0.267 e. The van der Waals surface area contributed by atoms with Crippen LogP contribution in [0, 0.1) is 0 Å². The highest BCUT2D eigenvalue weighted by Crippen LogP contribution is 2.17. The number of nitrogens with two attached hydrogens (primary N) is 1. The molecule has 2 aromatic rings. The molecule has 0 bridgehead atoms. The lowest BCUT2D eigenvalue weighted by atomic mass is 10.3. The van der Waals surface area contributed by atoms with Crippen molar-refractivity contribution in [2.45, 2.75) is 6.54 Å². The van der Waals surface area contributed by atoms with Crippen molar-refractivity contribution < 1.29 is 4.79 Å². The predicted octanol–water partition coefficient (Wildman–Crippen LogP) is 0.282. The van der Waals surface area contributed by atoms with Gasteiger partial charge in [-0.15, -0.1) is 0 Å². The molecule has 1 aliphatic heterocycles. The van der Waals surface area contributed by atoms with Crippen LogP contribution in [0.4, 0.5) is 0 Å². The van der Waals surface area contributed by atoms with Crippen molar-refractivity contribution in [2.75, 3.05) is 0 Å². The minimum absolute atomic E-state index is 0.197. The summed E-state index contributed by atoms with van der Waals surface area (Å²) in [5.74, 6) is 0.543. The molecule has 0 aliphatic carbocycles. The van der Waals surface area contributed by atoms with Crippen molar-refractivity contribution in [1.29, 1.82) is 0 Å². The van der Waals surface area contributed by atoms with Gasteiger partial charge in [0.05, 0.1) is 11.0 Å². The Labute approximate surface area is 85.2 Å². The highest BCUT2D eigenvalue weighted by atomic mass is 16.1. The van der Waals surface area contributed by atoms with Gasteiger partial charge in [-0.3, -0.25) is 4.79 Å². The van der Waals surface area contributed by atoms with E-state index < -0.39 is 0 Å². The lowest BCUT2D eigenvalue weighted by Crippen LogP contribution is -2.28. The van der Waals surface area contributed by atoms with Crippen molar-refractivity contribution in [3.63, 3.8) is 0 Å². The van der Waals surface area contributed by atoms with Crippen LogP contribution in [0.15, 0.2) is 29.3 Å². The molecule has 1 aromatic carbocycles. The molecule has 2 heterocycles. The van der Waals surface area contributed by atoms with Crippen molar-refractivity contribution in [3.05, 3.63) is 30.1 Å². The first-order valence-electron chi connectivity index (χ1n) is 4.58. The number of aromatic nitrogens is 2. The van der Waals surface area contributed by atoms with Gasteiger partial charge in [0, 0.05) is 0 Å². The minimum Gasteiger partial charge on any atom is -0.380 e. The first-order valence-corrected chi connectivity index (χ1v) is 4.58. The van der Waals surface area contributed by atoms with E-state index in [4.69, 9.17) is 5.73 Å². The number of amidine groups is 1. The molecule has 5 nitrogen and oxygen atoms in total. The van der Waals surface area contributed by atoms with Crippen LogP contribution in [0.2, 0.25) is 0 Å². The molecule has 1 aromatic heterocycles. The molecule has 15 heavy (non-hydrogen) atoms. The van der Waals surface area contributed by atoms with Gasteiger partial charge in [0.2, 0.25) is 0 Å². The molecule has 1 aliphatic rings. The fraction of sp³-hybridized carbons (Fsp3) is 0.100. The Kier molecular flexibility index (Phi) is 1.45. The van der Waals surface area contributed by atoms with Gasteiger partial charge in [0.1, 0.15) is 6.54 Å². The summed E-state index contributed by atoms with van der Waals surface area (Å²) in [5, 5.41) is 0. The molecule has 0 unspecified atom stereocenters. The molecule has 5 heteroatoms. The molecule has 3 rings (SSSR count). The maximum absolute atomic E-state index is 11.3. The van der Waals surface area contributed by atoms with Gasteiger partial charge in [0.15, 0.2) is 11.7 Å². The number of aliphatic imine (C=N–C) groups is 1. The summed E-state index contributed by atoms with van der Waals surface area (Å²) in [4.78, 5) is 19.3. The Morgan fingerprint density at radius 3 is 3.00 bits per heavy atom. The second kappa shape index (κ2) is 2.66. The number of fused-ring (bicyclic) bond motifs is 3. The van der Waals surface area contributed by atoms with E-state index in [1.165, 1.54) is 0 Å². The van der Waals surface area contributed by atoms with Crippen molar-refractivity contribution in [1.82, 2.24) is 9.55 Å². The average molecular weight is 200 g/mol. The summed E-state index contributed by atoms with van der Waals surface area (Å²) < 4.78 is 1.79. The highest BCUT2D eigenvalue weighted by molar-refractivity contribution is 6.06. The van der Waals surface area contributed by atoms with Crippen LogP contribution in [0.5, 0.6) is 0 Å². The summed E-state index contributed by atoms with van der Waals surface area (Å²) >= 11 is 0. The SMILES string of the molecule is NC1=NC(=O)Cn2c1nc1ccccc12. The van der Waals surface area contributed by atoms with Gasteiger partial charge in [0.25, 0.3) is 5.91 Å². The largest absolute Gasteiger partial charge is 0.380 e. The molecule has 1 amide bonds. The fourth-order valence-corrected chi connectivity index (χ4v) is 1.79. The Bertz CT molecular complexity index is 596. The van der Waals surface area contributed by atoms with Crippen LogP contribution >= 0.6 is 0 Å². The second-order valence-corrected chi connectivity index (χ2v) is 3.40. The van der Waals surface area contributed by atoms with E-state index in [0.29, 0.717) is 5.82 Å². The van der Waals surface area contributed by atoms with Crippen molar-refractivity contribution in [3.8, 4) is 0 Å². The number of hydrogen-bond donors (Lipinski definition) is 1. The van der Waals surface area contributed by atoms with E-state index in [-0.39, 0.29) is 18.3 Å². The topological polar surface area (TPSA) is 73.3 Å². The number of benzene rings is 1. The van der Waals surface area contributed by atoms with Crippen LogP contribution in [-0.4, -0.2) is 21.3 Å². The van der Waals surface area contributed by atoms with Gasteiger partial charge in [-0.1, -0.05) is 12.1 Å². The third-order valence-electron chi connectivity index (χ3n) is 2.42. The Balaban J connectivity index is 2.39. The Morgan fingerprint density at radius 1 is 1.33 bits per heavy atom. The quantitative estimate of drug-likeness (QED) is 0.663. The Hall–Kier alpha value is -2.17. The standard InChI is InChI=1S/C10H8N4O/c11-9-10-12-6-3-1-2-4-7(6)14(10)5-8(15)13-9/h1-4H,5H2,(H2,11,13,15). The first kappa shape index (κ1) is 8.16. The van der Waals surface area contributed by atoms with Crippen molar-refractivity contribution >= 4 is 22.8 Å². The molecular formula is C10H8N4O. The number of rotatable bonds is 0. The molecular weight excluding hydrogens is 192 g/mol. The number of hydrogen-bond acceptors (Lipinski definition) is 3. The summed E-state index contributed by atoms with van der Waals surface area (Å²) in [6, 6.07) is 7.61. The third-order valence-corrected chi connectivity index (χ3v) is 2.42. The van der Waals surface area contributed by atoms with E-state index in [9.17, 15) is 4.79 Å². The third kappa shape index (κ3) is 1.06. The maximum Gasteiger partial charge on any atom is 0.267 e. The number of carbonyl (C=O) groups is 1.